The summed E-state index contributed by atoms with van der Waals surface area (Å²) in [6.45, 7) is 12.1. The van der Waals surface area contributed by atoms with Crippen molar-refractivity contribution in [2.75, 3.05) is 6.61 Å². The van der Waals surface area contributed by atoms with Gasteiger partial charge < -0.3 is 4.43 Å². The molecular weight excluding hydrogens is 324 g/mol. The average Bonchev–Trinajstić information content (AvgIpc) is 2.55. The zero-order chi connectivity index (χ0) is 18.5. The van der Waals surface area contributed by atoms with E-state index in [0.717, 1.165) is 24.2 Å². The normalized spacial score (nSPS) is 12.2. The van der Waals surface area contributed by atoms with Crippen LogP contribution >= 0.6 is 0 Å². The van der Waals surface area contributed by atoms with Gasteiger partial charge in [0.15, 0.2) is 14.1 Å². The average molecular weight is 355 g/mol. The molecule has 0 unspecified atom stereocenters. The third-order valence-corrected chi connectivity index (χ3v) is 9.68. The van der Waals surface area contributed by atoms with Gasteiger partial charge in [-0.05, 0) is 35.7 Å². The Kier molecular flexibility index (Phi) is 6.36. The third kappa shape index (κ3) is 5.65. The Hall–Kier alpha value is -1.71. The molecule has 2 rings (SSSR count). The van der Waals surface area contributed by atoms with Crippen LogP contribution < -0.4 is 0 Å². The summed E-state index contributed by atoms with van der Waals surface area (Å²) in [6.07, 6.45) is 1.34. The lowest BCUT2D eigenvalue weighted by molar-refractivity contribution is 0.0993. The fourth-order valence-electron chi connectivity index (χ4n) is 2.38. The second-order valence-electron chi connectivity index (χ2n) is 8.14. The highest BCUT2D eigenvalue weighted by atomic mass is 28.4. The zero-order valence-corrected chi connectivity index (χ0v) is 17.1. The molecule has 0 atom stereocenters. The van der Waals surface area contributed by atoms with Gasteiger partial charge in [-0.15, -0.1) is 0 Å². The Morgan fingerprint density at radius 2 is 1.52 bits per heavy atom. The van der Waals surface area contributed by atoms with E-state index in [0.29, 0.717) is 6.42 Å². The van der Waals surface area contributed by atoms with Crippen LogP contribution in [0.25, 0.3) is 0 Å². The molecule has 0 aliphatic heterocycles. The van der Waals surface area contributed by atoms with Crippen LogP contribution in [-0.2, 0) is 17.3 Å². The van der Waals surface area contributed by atoms with Crippen molar-refractivity contribution < 1.29 is 9.22 Å². The topological polar surface area (TPSA) is 26.3 Å². The second kappa shape index (κ2) is 8.11. The molecule has 2 aromatic rings. The Bertz CT molecular complexity index is 682. The quantitative estimate of drug-likeness (QED) is 0.472. The molecule has 0 aromatic heterocycles. The van der Waals surface area contributed by atoms with Crippen LogP contribution in [0.3, 0.4) is 0 Å². The lowest BCUT2D eigenvalue weighted by Crippen LogP contribution is -2.41. The molecule has 134 valence electrons. The highest BCUT2D eigenvalue weighted by Crippen LogP contribution is 2.36. The minimum Gasteiger partial charge on any atom is -0.416 e. The molecule has 0 heterocycles. The molecule has 2 aromatic carbocycles. The maximum absolute atomic E-state index is 12.4. The lowest BCUT2D eigenvalue weighted by Gasteiger charge is -2.36. The first-order valence-corrected chi connectivity index (χ1v) is 11.9. The molecule has 0 amide bonds. The van der Waals surface area contributed by atoms with Gasteiger partial charge >= 0.3 is 0 Å². The molecule has 3 heteroatoms. The maximum Gasteiger partial charge on any atom is 0.191 e. The van der Waals surface area contributed by atoms with E-state index in [-0.39, 0.29) is 10.8 Å². The van der Waals surface area contributed by atoms with Gasteiger partial charge in [-0.1, -0.05) is 75.4 Å². The number of Topliss-reactive ketones (excluding diaryl/α,β-unsaturated/α-hetero) is 1. The van der Waals surface area contributed by atoms with E-state index in [2.05, 4.69) is 33.9 Å². The summed E-state index contributed by atoms with van der Waals surface area (Å²) in [5.41, 5.74) is 3.05. The van der Waals surface area contributed by atoms with Gasteiger partial charge in [0.25, 0.3) is 0 Å². The van der Waals surface area contributed by atoms with Crippen molar-refractivity contribution in [3.8, 4) is 0 Å². The third-order valence-electron chi connectivity index (χ3n) is 5.14. The molecule has 0 bridgehead atoms. The molecule has 2 nitrogen and oxygen atoms in total. The molecule has 0 aliphatic rings. The van der Waals surface area contributed by atoms with E-state index in [1.165, 1.54) is 5.56 Å². The van der Waals surface area contributed by atoms with Crippen LogP contribution in [0.15, 0.2) is 54.6 Å². The second-order valence-corrected chi connectivity index (χ2v) is 13.0. The predicted molar refractivity (Wildman–Crippen MR) is 108 cm³/mol. The minimum absolute atomic E-state index is 0.162. The van der Waals surface area contributed by atoms with Crippen LogP contribution in [-0.4, -0.2) is 20.7 Å². The van der Waals surface area contributed by atoms with Gasteiger partial charge in [0.05, 0.1) is 0 Å². The minimum atomic E-state index is -1.68. The van der Waals surface area contributed by atoms with Crippen molar-refractivity contribution in [2.24, 2.45) is 0 Å². The van der Waals surface area contributed by atoms with Gasteiger partial charge in [-0.25, -0.2) is 0 Å². The number of hydrogen-bond acceptors (Lipinski definition) is 2. The highest BCUT2D eigenvalue weighted by molar-refractivity contribution is 6.74. The Morgan fingerprint density at radius 1 is 0.920 bits per heavy atom. The van der Waals surface area contributed by atoms with Crippen LogP contribution in [0.5, 0.6) is 0 Å². The number of carbonyl (C=O) groups excluding carboxylic acids is 1. The first-order valence-electron chi connectivity index (χ1n) is 8.99. The fraction of sp³-hybridized carbons (Fsp3) is 0.409. The Balaban J connectivity index is 1.88. The molecule has 0 saturated heterocycles. The molecule has 0 spiro atoms. The van der Waals surface area contributed by atoms with Crippen molar-refractivity contribution in [1.82, 2.24) is 0 Å². The standard InChI is InChI=1S/C22H30O2Si/c1-22(2,3)25(4,5)24-16-15-18-11-13-20(14-12-18)21(23)17-19-9-7-6-8-10-19/h6-14H,15-17H2,1-5H3. The summed E-state index contributed by atoms with van der Waals surface area (Å²) in [4.78, 5) is 12.4. The van der Waals surface area contributed by atoms with E-state index >= 15 is 0 Å². The van der Waals surface area contributed by atoms with Crippen LogP contribution in [0.2, 0.25) is 18.1 Å². The van der Waals surface area contributed by atoms with Crippen molar-refractivity contribution in [1.29, 1.82) is 0 Å². The molecule has 0 saturated carbocycles. The van der Waals surface area contributed by atoms with Gasteiger partial charge in [0.1, 0.15) is 0 Å². The first kappa shape index (κ1) is 19.6. The number of hydrogen-bond donors (Lipinski definition) is 0. The van der Waals surface area contributed by atoms with Crippen molar-refractivity contribution in [2.45, 2.75) is 51.7 Å². The first-order chi connectivity index (χ1) is 11.7. The summed E-state index contributed by atoms with van der Waals surface area (Å²) in [5, 5.41) is 0.237. The fourth-order valence-corrected chi connectivity index (χ4v) is 3.43. The summed E-state index contributed by atoms with van der Waals surface area (Å²) in [6, 6.07) is 17.9. The van der Waals surface area contributed by atoms with Gasteiger partial charge in [-0.2, -0.15) is 0 Å². The molecule has 0 aliphatic carbocycles. The van der Waals surface area contributed by atoms with E-state index in [1.807, 2.05) is 54.6 Å². The summed E-state index contributed by atoms with van der Waals surface area (Å²) in [7, 11) is -1.68. The highest BCUT2D eigenvalue weighted by Gasteiger charge is 2.36. The Morgan fingerprint density at radius 3 is 2.08 bits per heavy atom. The summed E-state index contributed by atoms with van der Waals surface area (Å²) < 4.78 is 6.23. The van der Waals surface area contributed by atoms with Gasteiger partial charge in [-0.3, -0.25) is 4.79 Å². The number of rotatable bonds is 7. The molecular formula is C22H30O2Si. The lowest BCUT2D eigenvalue weighted by atomic mass is 10.0. The monoisotopic (exact) mass is 354 g/mol. The van der Waals surface area contributed by atoms with Crippen molar-refractivity contribution >= 4 is 14.1 Å². The van der Waals surface area contributed by atoms with Crippen LogP contribution in [0.1, 0.15) is 42.3 Å². The molecule has 0 N–H and O–H groups in total. The predicted octanol–water partition coefficient (Wildman–Crippen LogP) is 5.68. The SMILES string of the molecule is CC(C)(C)[Si](C)(C)OCCc1ccc(C(=O)Cc2ccccc2)cc1. The van der Waals surface area contributed by atoms with Crippen LogP contribution in [0.4, 0.5) is 0 Å². The number of ketones is 1. The largest absolute Gasteiger partial charge is 0.416 e. The van der Waals surface area contributed by atoms with E-state index in [9.17, 15) is 4.79 Å². The summed E-state index contributed by atoms with van der Waals surface area (Å²) in [5.74, 6) is 0.162. The van der Waals surface area contributed by atoms with Gasteiger partial charge in [0, 0.05) is 18.6 Å². The molecule has 0 radical (unpaired) electrons. The molecule has 25 heavy (non-hydrogen) atoms. The van der Waals surface area contributed by atoms with Gasteiger partial charge in [0.2, 0.25) is 0 Å². The summed E-state index contributed by atoms with van der Waals surface area (Å²) >= 11 is 0. The smallest absolute Gasteiger partial charge is 0.191 e. The maximum atomic E-state index is 12.4. The number of benzene rings is 2. The van der Waals surface area contributed by atoms with Crippen molar-refractivity contribution in [3.05, 3.63) is 71.3 Å². The zero-order valence-electron chi connectivity index (χ0n) is 16.1. The van der Waals surface area contributed by atoms with E-state index < -0.39 is 8.32 Å². The number of carbonyl (C=O) groups is 1. The van der Waals surface area contributed by atoms with E-state index in [1.54, 1.807) is 0 Å². The van der Waals surface area contributed by atoms with Crippen molar-refractivity contribution in [3.63, 3.8) is 0 Å². The van der Waals surface area contributed by atoms with Crippen LogP contribution in [0, 0.1) is 0 Å². The Labute approximate surface area is 153 Å². The van der Waals surface area contributed by atoms with E-state index in [4.69, 9.17) is 4.43 Å². The molecule has 0 fully saturated rings.